The third kappa shape index (κ3) is 6.26. The van der Waals surface area contributed by atoms with Gasteiger partial charge in [-0.25, -0.2) is 4.79 Å². The molecule has 0 saturated carbocycles. The highest BCUT2D eigenvalue weighted by Crippen LogP contribution is 2.24. The lowest BCUT2D eigenvalue weighted by Crippen LogP contribution is -2.46. The Morgan fingerprint density at radius 2 is 2.08 bits per heavy atom. The SMILES string of the molecule is CCOc1cc(O[C@H]2CCCN(C(=O)OC(C)(C)C)C2)nc(SC)n1. The van der Waals surface area contributed by atoms with Gasteiger partial charge in [0.2, 0.25) is 11.8 Å². The van der Waals surface area contributed by atoms with Gasteiger partial charge < -0.3 is 19.1 Å². The van der Waals surface area contributed by atoms with Crippen LogP contribution in [-0.4, -0.2) is 58.6 Å². The number of amides is 1. The zero-order valence-electron chi connectivity index (χ0n) is 15.6. The van der Waals surface area contributed by atoms with E-state index in [0.29, 0.717) is 36.6 Å². The zero-order chi connectivity index (χ0) is 18.4. The van der Waals surface area contributed by atoms with Crippen molar-refractivity contribution in [2.45, 2.75) is 57.4 Å². The van der Waals surface area contributed by atoms with Gasteiger partial charge in [-0.3, -0.25) is 0 Å². The Hall–Kier alpha value is -1.70. The van der Waals surface area contributed by atoms with Gasteiger partial charge in [-0.15, -0.1) is 0 Å². The largest absolute Gasteiger partial charge is 0.478 e. The van der Waals surface area contributed by atoms with Crippen molar-refractivity contribution in [3.63, 3.8) is 0 Å². The summed E-state index contributed by atoms with van der Waals surface area (Å²) in [5.74, 6) is 0.968. The number of hydrogen-bond donors (Lipinski definition) is 0. The number of ether oxygens (including phenoxy) is 3. The highest BCUT2D eigenvalue weighted by molar-refractivity contribution is 7.98. The van der Waals surface area contributed by atoms with Crippen LogP contribution in [0.25, 0.3) is 0 Å². The van der Waals surface area contributed by atoms with Crippen LogP contribution in [0.15, 0.2) is 11.2 Å². The molecule has 0 bridgehead atoms. The Bertz CT molecular complexity index is 592. The summed E-state index contributed by atoms with van der Waals surface area (Å²) in [4.78, 5) is 22.6. The van der Waals surface area contributed by atoms with E-state index in [0.717, 1.165) is 12.8 Å². The first-order valence-corrected chi connectivity index (χ1v) is 9.73. The second-order valence-electron chi connectivity index (χ2n) is 6.77. The van der Waals surface area contributed by atoms with Crippen molar-refractivity contribution in [2.75, 3.05) is 26.0 Å². The fourth-order valence-electron chi connectivity index (χ4n) is 2.45. The van der Waals surface area contributed by atoms with Crippen molar-refractivity contribution in [3.8, 4) is 11.8 Å². The molecule has 140 valence electrons. The molecule has 25 heavy (non-hydrogen) atoms. The van der Waals surface area contributed by atoms with E-state index in [-0.39, 0.29) is 12.2 Å². The summed E-state index contributed by atoms with van der Waals surface area (Å²) in [7, 11) is 0. The third-order valence-electron chi connectivity index (χ3n) is 3.45. The molecule has 1 atom stereocenters. The normalized spacial score (nSPS) is 18.0. The van der Waals surface area contributed by atoms with E-state index in [1.165, 1.54) is 11.8 Å². The minimum atomic E-state index is -0.503. The maximum Gasteiger partial charge on any atom is 0.410 e. The number of thioether (sulfide) groups is 1. The van der Waals surface area contributed by atoms with E-state index in [2.05, 4.69) is 9.97 Å². The standard InChI is InChI=1S/C17H27N3O4S/c1-6-22-13-10-14(19-15(18-13)25-5)23-12-8-7-9-20(11-12)16(21)24-17(2,3)4/h10,12H,6-9,11H2,1-5H3/t12-/m0/s1. The van der Waals surface area contributed by atoms with Gasteiger partial charge in [0.15, 0.2) is 5.16 Å². The molecule has 0 spiro atoms. The number of hydrogen-bond acceptors (Lipinski definition) is 7. The van der Waals surface area contributed by atoms with Crippen molar-refractivity contribution in [2.24, 2.45) is 0 Å². The lowest BCUT2D eigenvalue weighted by atomic mass is 10.1. The summed E-state index contributed by atoms with van der Waals surface area (Å²) in [6, 6.07) is 1.69. The number of carbonyl (C=O) groups excluding carboxylic acids is 1. The topological polar surface area (TPSA) is 73.8 Å². The van der Waals surface area contributed by atoms with E-state index in [1.54, 1.807) is 11.0 Å². The van der Waals surface area contributed by atoms with Crippen molar-refractivity contribution in [1.82, 2.24) is 14.9 Å². The van der Waals surface area contributed by atoms with Crippen molar-refractivity contribution < 1.29 is 19.0 Å². The highest BCUT2D eigenvalue weighted by atomic mass is 32.2. The summed E-state index contributed by atoms with van der Waals surface area (Å²) in [6.45, 7) is 9.19. The third-order valence-corrected chi connectivity index (χ3v) is 4.00. The summed E-state index contributed by atoms with van der Waals surface area (Å²) >= 11 is 1.43. The molecule has 1 fully saturated rings. The molecular weight excluding hydrogens is 342 g/mol. The van der Waals surface area contributed by atoms with E-state index in [1.807, 2.05) is 34.0 Å². The van der Waals surface area contributed by atoms with Crippen LogP contribution < -0.4 is 9.47 Å². The number of nitrogens with zero attached hydrogens (tertiary/aromatic N) is 3. The Kier molecular flexibility index (Phi) is 6.75. The molecule has 1 aliphatic heterocycles. The molecule has 0 unspecified atom stereocenters. The maximum absolute atomic E-state index is 12.3. The van der Waals surface area contributed by atoms with Gasteiger partial charge in [0.25, 0.3) is 0 Å². The molecule has 1 amide bonds. The van der Waals surface area contributed by atoms with Gasteiger partial charge in [0.05, 0.1) is 19.2 Å². The van der Waals surface area contributed by atoms with Crippen molar-refractivity contribution in [3.05, 3.63) is 6.07 Å². The van der Waals surface area contributed by atoms with Crippen molar-refractivity contribution >= 4 is 17.9 Å². The van der Waals surface area contributed by atoms with Gasteiger partial charge in [-0.1, -0.05) is 11.8 Å². The van der Waals surface area contributed by atoms with E-state index in [4.69, 9.17) is 14.2 Å². The summed E-state index contributed by atoms with van der Waals surface area (Å²) in [5.41, 5.74) is -0.503. The molecule has 0 aromatic carbocycles. The lowest BCUT2D eigenvalue weighted by molar-refractivity contribution is 0.00707. The molecular formula is C17H27N3O4S. The smallest absolute Gasteiger partial charge is 0.410 e. The minimum Gasteiger partial charge on any atom is -0.478 e. The van der Waals surface area contributed by atoms with Crippen LogP contribution in [0.2, 0.25) is 0 Å². The fourth-order valence-corrected chi connectivity index (χ4v) is 2.82. The van der Waals surface area contributed by atoms with E-state index >= 15 is 0 Å². The second kappa shape index (κ2) is 8.60. The molecule has 1 saturated heterocycles. The van der Waals surface area contributed by atoms with Crippen LogP contribution in [0, 0.1) is 0 Å². The quantitative estimate of drug-likeness (QED) is 0.582. The number of piperidine rings is 1. The molecule has 7 nitrogen and oxygen atoms in total. The number of carbonyl (C=O) groups is 1. The van der Waals surface area contributed by atoms with Gasteiger partial charge in [-0.05, 0) is 46.8 Å². The molecule has 0 aliphatic carbocycles. The fraction of sp³-hybridized carbons (Fsp3) is 0.706. The van der Waals surface area contributed by atoms with Crippen LogP contribution in [0.4, 0.5) is 4.79 Å². The summed E-state index contributed by atoms with van der Waals surface area (Å²) in [5, 5.41) is 0.598. The van der Waals surface area contributed by atoms with Crippen LogP contribution in [0.3, 0.4) is 0 Å². The van der Waals surface area contributed by atoms with Crippen LogP contribution in [0.5, 0.6) is 11.8 Å². The molecule has 2 heterocycles. The van der Waals surface area contributed by atoms with E-state index < -0.39 is 5.60 Å². The predicted octanol–water partition coefficient (Wildman–Crippen LogP) is 3.38. The van der Waals surface area contributed by atoms with Crippen LogP contribution >= 0.6 is 11.8 Å². The Morgan fingerprint density at radius 3 is 2.72 bits per heavy atom. The zero-order valence-corrected chi connectivity index (χ0v) is 16.4. The minimum absolute atomic E-state index is 0.125. The average molecular weight is 369 g/mol. The van der Waals surface area contributed by atoms with Crippen LogP contribution in [-0.2, 0) is 4.74 Å². The molecule has 1 aromatic rings. The molecule has 0 N–H and O–H groups in total. The number of aromatic nitrogens is 2. The van der Waals surface area contributed by atoms with Gasteiger partial charge in [-0.2, -0.15) is 9.97 Å². The molecule has 1 aromatic heterocycles. The maximum atomic E-state index is 12.3. The van der Waals surface area contributed by atoms with Gasteiger partial charge in [0, 0.05) is 6.54 Å². The highest BCUT2D eigenvalue weighted by Gasteiger charge is 2.29. The number of likely N-dealkylation sites (tertiary alicyclic amines) is 1. The Balaban J connectivity index is 2.02. The molecule has 1 aliphatic rings. The van der Waals surface area contributed by atoms with Gasteiger partial charge in [0.1, 0.15) is 11.7 Å². The Morgan fingerprint density at radius 1 is 1.36 bits per heavy atom. The number of rotatable bonds is 5. The monoisotopic (exact) mass is 369 g/mol. The van der Waals surface area contributed by atoms with Crippen LogP contribution in [0.1, 0.15) is 40.5 Å². The first-order valence-electron chi connectivity index (χ1n) is 8.51. The molecule has 8 heteroatoms. The Labute approximate surface area is 153 Å². The molecule has 2 rings (SSSR count). The summed E-state index contributed by atoms with van der Waals surface area (Å²) in [6.07, 6.45) is 3.20. The van der Waals surface area contributed by atoms with E-state index in [9.17, 15) is 4.79 Å². The van der Waals surface area contributed by atoms with Crippen molar-refractivity contribution in [1.29, 1.82) is 0 Å². The lowest BCUT2D eigenvalue weighted by Gasteiger charge is -2.33. The molecule has 0 radical (unpaired) electrons. The summed E-state index contributed by atoms with van der Waals surface area (Å²) < 4.78 is 16.9. The predicted molar refractivity (Wildman–Crippen MR) is 96.4 cm³/mol. The van der Waals surface area contributed by atoms with Gasteiger partial charge >= 0.3 is 6.09 Å². The first kappa shape index (κ1) is 19.6. The first-order chi connectivity index (χ1) is 11.8. The second-order valence-corrected chi connectivity index (χ2v) is 7.55. The average Bonchev–Trinajstić information content (AvgIpc) is 2.53.